The normalized spacial score (nSPS) is 16.9. The first-order valence-corrected chi connectivity index (χ1v) is 12.1. The average molecular weight is 365 g/mol. The molecule has 0 bridgehead atoms. The summed E-state index contributed by atoms with van der Waals surface area (Å²) in [5.74, 6) is 0.721. The van der Waals surface area contributed by atoms with E-state index in [2.05, 4.69) is 38.8 Å². The van der Waals surface area contributed by atoms with Gasteiger partial charge in [0.15, 0.2) is 8.32 Å². The minimum absolute atomic E-state index is 0.154. The van der Waals surface area contributed by atoms with E-state index in [-0.39, 0.29) is 15.6 Å². The van der Waals surface area contributed by atoms with Gasteiger partial charge < -0.3 is 9.33 Å². The summed E-state index contributed by atoms with van der Waals surface area (Å²) in [5, 5.41) is 11.0. The summed E-state index contributed by atoms with van der Waals surface area (Å²) in [6.07, 6.45) is 3.47. The highest BCUT2D eigenvalue weighted by atomic mass is 28.4. The number of nitro benzene ring substituents is 1. The highest BCUT2D eigenvalue weighted by Gasteiger charge is 2.37. The van der Waals surface area contributed by atoms with Gasteiger partial charge in [-0.3, -0.25) is 10.1 Å². The second-order valence-corrected chi connectivity index (χ2v) is 13.4. The van der Waals surface area contributed by atoms with Crippen molar-refractivity contribution in [2.24, 2.45) is 5.92 Å². The highest BCUT2D eigenvalue weighted by molar-refractivity contribution is 6.74. The van der Waals surface area contributed by atoms with Crippen molar-refractivity contribution in [1.82, 2.24) is 0 Å². The van der Waals surface area contributed by atoms with Crippen LogP contribution in [0.5, 0.6) is 0 Å². The van der Waals surface area contributed by atoms with E-state index in [0.717, 1.165) is 50.6 Å². The molecule has 0 aliphatic carbocycles. The number of nitrogens with zero attached hydrogens (tertiary/aromatic N) is 2. The highest BCUT2D eigenvalue weighted by Crippen LogP contribution is 2.37. The van der Waals surface area contributed by atoms with Gasteiger partial charge >= 0.3 is 0 Å². The summed E-state index contributed by atoms with van der Waals surface area (Å²) in [6, 6.07) is 6.90. The van der Waals surface area contributed by atoms with E-state index in [9.17, 15) is 10.1 Å². The third-order valence-electron chi connectivity index (χ3n) is 5.84. The zero-order valence-electron chi connectivity index (χ0n) is 16.2. The van der Waals surface area contributed by atoms with Crippen LogP contribution in [0.1, 0.15) is 40.0 Å². The van der Waals surface area contributed by atoms with Crippen molar-refractivity contribution >= 4 is 19.7 Å². The molecule has 140 valence electrons. The molecule has 1 heterocycles. The Balaban J connectivity index is 1.77. The first kappa shape index (κ1) is 19.9. The van der Waals surface area contributed by atoms with E-state index in [0.29, 0.717) is 0 Å². The van der Waals surface area contributed by atoms with Crippen LogP contribution in [0.2, 0.25) is 18.1 Å². The zero-order valence-corrected chi connectivity index (χ0v) is 17.2. The summed E-state index contributed by atoms with van der Waals surface area (Å²) in [5.41, 5.74) is 1.24. The Labute approximate surface area is 152 Å². The van der Waals surface area contributed by atoms with Crippen molar-refractivity contribution in [2.45, 2.75) is 58.2 Å². The first-order valence-electron chi connectivity index (χ1n) is 9.23. The van der Waals surface area contributed by atoms with Crippen molar-refractivity contribution in [3.8, 4) is 0 Å². The van der Waals surface area contributed by atoms with Crippen LogP contribution in [0.3, 0.4) is 0 Å². The molecule has 1 aromatic carbocycles. The van der Waals surface area contributed by atoms with E-state index in [4.69, 9.17) is 4.43 Å². The molecule has 25 heavy (non-hydrogen) atoms. The molecule has 1 aromatic rings. The Hall–Kier alpha value is -1.40. The maximum absolute atomic E-state index is 10.7. The Morgan fingerprint density at radius 3 is 2.24 bits per heavy atom. The SMILES string of the molecule is CC(C)(C)[Si](C)(C)OCCC1CCN(c2ccc([N+](=O)[O-])cc2)CC1. The molecule has 0 unspecified atom stereocenters. The predicted octanol–water partition coefficient (Wildman–Crippen LogP) is 5.22. The lowest BCUT2D eigenvalue weighted by Crippen LogP contribution is -2.41. The zero-order chi connectivity index (χ0) is 18.7. The molecule has 1 aliphatic rings. The van der Waals surface area contributed by atoms with Crippen LogP contribution in [-0.2, 0) is 4.43 Å². The van der Waals surface area contributed by atoms with Gasteiger partial charge in [0.05, 0.1) is 4.92 Å². The van der Waals surface area contributed by atoms with Gasteiger partial charge in [0.1, 0.15) is 0 Å². The van der Waals surface area contributed by atoms with Gasteiger partial charge in [0, 0.05) is 37.5 Å². The smallest absolute Gasteiger partial charge is 0.269 e. The van der Waals surface area contributed by atoms with Crippen LogP contribution in [0, 0.1) is 16.0 Å². The number of piperidine rings is 1. The lowest BCUT2D eigenvalue weighted by Gasteiger charge is -2.37. The van der Waals surface area contributed by atoms with E-state index >= 15 is 0 Å². The van der Waals surface area contributed by atoms with Crippen molar-refractivity contribution in [2.75, 3.05) is 24.6 Å². The fraction of sp³-hybridized carbons (Fsp3) is 0.684. The van der Waals surface area contributed by atoms with E-state index in [1.165, 1.54) is 0 Å². The summed E-state index contributed by atoms with van der Waals surface area (Å²) >= 11 is 0. The number of nitro groups is 1. The number of hydrogen-bond acceptors (Lipinski definition) is 4. The Kier molecular flexibility index (Phi) is 6.27. The number of non-ortho nitro benzene ring substituents is 1. The second kappa shape index (κ2) is 7.87. The molecule has 0 aromatic heterocycles. The molecule has 1 fully saturated rings. The summed E-state index contributed by atoms with van der Waals surface area (Å²) in [7, 11) is -1.64. The molecule has 0 amide bonds. The summed E-state index contributed by atoms with van der Waals surface area (Å²) < 4.78 is 6.31. The lowest BCUT2D eigenvalue weighted by atomic mass is 9.93. The van der Waals surface area contributed by atoms with Gasteiger partial charge in [0.25, 0.3) is 5.69 Å². The predicted molar refractivity (Wildman–Crippen MR) is 106 cm³/mol. The molecule has 0 N–H and O–H groups in total. The second-order valence-electron chi connectivity index (χ2n) is 8.60. The topological polar surface area (TPSA) is 55.6 Å². The van der Waals surface area contributed by atoms with Crippen LogP contribution in [0.25, 0.3) is 0 Å². The van der Waals surface area contributed by atoms with Crippen molar-refractivity contribution in [3.63, 3.8) is 0 Å². The van der Waals surface area contributed by atoms with Crippen molar-refractivity contribution in [1.29, 1.82) is 0 Å². The van der Waals surface area contributed by atoms with Gasteiger partial charge in [-0.15, -0.1) is 0 Å². The van der Waals surface area contributed by atoms with Gasteiger partial charge in [-0.1, -0.05) is 20.8 Å². The molecule has 0 atom stereocenters. The van der Waals surface area contributed by atoms with Gasteiger partial charge in [0.2, 0.25) is 0 Å². The van der Waals surface area contributed by atoms with Crippen LogP contribution < -0.4 is 4.90 Å². The molecule has 1 aliphatic heterocycles. The van der Waals surface area contributed by atoms with Crippen LogP contribution in [0.15, 0.2) is 24.3 Å². The Bertz CT molecular complexity index is 573. The van der Waals surface area contributed by atoms with E-state index in [1.807, 2.05) is 12.1 Å². The minimum atomic E-state index is -1.64. The third-order valence-corrected chi connectivity index (χ3v) is 10.4. The molecule has 6 heteroatoms. The van der Waals surface area contributed by atoms with Gasteiger partial charge in [-0.25, -0.2) is 0 Å². The Morgan fingerprint density at radius 1 is 1.20 bits per heavy atom. The largest absolute Gasteiger partial charge is 0.417 e. The molecular formula is C19H32N2O3Si. The summed E-state index contributed by atoms with van der Waals surface area (Å²) in [4.78, 5) is 12.7. The fourth-order valence-corrected chi connectivity index (χ4v) is 4.02. The van der Waals surface area contributed by atoms with Gasteiger partial charge in [-0.05, 0) is 55.4 Å². The number of anilines is 1. The number of rotatable bonds is 6. The fourth-order valence-electron chi connectivity index (χ4n) is 2.96. The van der Waals surface area contributed by atoms with E-state index in [1.54, 1.807) is 12.1 Å². The lowest BCUT2D eigenvalue weighted by molar-refractivity contribution is -0.384. The van der Waals surface area contributed by atoms with Crippen LogP contribution >= 0.6 is 0 Å². The van der Waals surface area contributed by atoms with Crippen LogP contribution in [0.4, 0.5) is 11.4 Å². The molecule has 0 radical (unpaired) electrons. The van der Waals surface area contributed by atoms with Crippen LogP contribution in [-0.4, -0.2) is 32.9 Å². The maximum atomic E-state index is 10.7. The quantitative estimate of drug-likeness (QED) is 0.394. The number of benzene rings is 1. The average Bonchev–Trinajstić information content (AvgIpc) is 2.54. The number of hydrogen-bond donors (Lipinski definition) is 0. The first-order chi connectivity index (χ1) is 11.6. The molecule has 0 spiro atoms. The monoisotopic (exact) mass is 364 g/mol. The molecule has 1 saturated heterocycles. The van der Waals surface area contributed by atoms with Crippen molar-refractivity contribution < 1.29 is 9.35 Å². The molecular weight excluding hydrogens is 332 g/mol. The third kappa shape index (κ3) is 5.28. The maximum Gasteiger partial charge on any atom is 0.269 e. The Morgan fingerprint density at radius 2 is 1.76 bits per heavy atom. The molecule has 5 nitrogen and oxygen atoms in total. The summed E-state index contributed by atoms with van der Waals surface area (Å²) in [6.45, 7) is 14.4. The van der Waals surface area contributed by atoms with E-state index < -0.39 is 8.32 Å². The minimum Gasteiger partial charge on any atom is -0.417 e. The molecule has 2 rings (SSSR count). The molecule has 0 saturated carbocycles. The standard InChI is InChI=1S/C19H32N2O3Si/c1-19(2,3)25(4,5)24-15-12-16-10-13-20(14-11-16)17-6-8-18(9-7-17)21(22)23/h6-9,16H,10-15H2,1-5H3. The van der Waals surface area contributed by atoms with Gasteiger partial charge in [-0.2, -0.15) is 0 Å². The van der Waals surface area contributed by atoms with Crippen molar-refractivity contribution in [3.05, 3.63) is 34.4 Å².